The summed E-state index contributed by atoms with van der Waals surface area (Å²) in [5.41, 5.74) is 1.30. The van der Waals surface area contributed by atoms with Gasteiger partial charge >= 0.3 is 0 Å². The van der Waals surface area contributed by atoms with E-state index in [2.05, 4.69) is 37.9 Å². The van der Waals surface area contributed by atoms with Gasteiger partial charge in [-0.2, -0.15) is 0 Å². The van der Waals surface area contributed by atoms with Crippen LogP contribution in [0.2, 0.25) is 0 Å². The Morgan fingerprint density at radius 2 is 2.45 bits per heavy atom. The largest absolute Gasteiger partial charge is 0.245 e. The monoisotopic (exact) mass is 280 g/mol. The summed E-state index contributed by atoms with van der Waals surface area (Å²) >= 11 is 4.21. The summed E-state index contributed by atoms with van der Waals surface area (Å²) < 4.78 is 2.29. The second kappa shape index (κ2) is 2.99. The first-order chi connectivity index (χ1) is 5.25. The third-order valence-corrected chi connectivity index (χ3v) is 3.68. The van der Waals surface area contributed by atoms with E-state index in [0.29, 0.717) is 0 Å². The SMILES string of the molecule is Cc1nc2c(s1)CCN(I)C2. The van der Waals surface area contributed by atoms with E-state index in [1.807, 2.05) is 11.3 Å². The van der Waals surface area contributed by atoms with Crippen molar-refractivity contribution in [1.82, 2.24) is 8.10 Å². The van der Waals surface area contributed by atoms with E-state index in [0.717, 1.165) is 6.54 Å². The lowest BCUT2D eigenvalue weighted by molar-refractivity contribution is 0.477. The summed E-state index contributed by atoms with van der Waals surface area (Å²) in [6.07, 6.45) is 1.18. The molecule has 0 amide bonds. The van der Waals surface area contributed by atoms with E-state index in [-0.39, 0.29) is 0 Å². The molecule has 0 unspecified atom stereocenters. The average Bonchev–Trinajstić information content (AvgIpc) is 2.27. The first-order valence-corrected chi connectivity index (χ1v) is 5.40. The molecule has 60 valence electrons. The van der Waals surface area contributed by atoms with Gasteiger partial charge in [-0.1, -0.05) is 0 Å². The van der Waals surface area contributed by atoms with Crippen molar-refractivity contribution in [2.24, 2.45) is 0 Å². The summed E-state index contributed by atoms with van der Waals surface area (Å²) in [6, 6.07) is 0. The highest BCUT2D eigenvalue weighted by Crippen LogP contribution is 2.25. The number of rotatable bonds is 0. The number of halogens is 1. The van der Waals surface area contributed by atoms with Crippen molar-refractivity contribution < 1.29 is 0 Å². The number of fused-ring (bicyclic) bond motifs is 1. The Kier molecular flexibility index (Phi) is 2.16. The first kappa shape index (κ1) is 7.94. The van der Waals surface area contributed by atoms with Crippen molar-refractivity contribution >= 4 is 34.2 Å². The summed E-state index contributed by atoms with van der Waals surface area (Å²) in [7, 11) is 0. The topological polar surface area (TPSA) is 16.1 Å². The first-order valence-electron chi connectivity index (χ1n) is 3.61. The molecule has 0 fully saturated rings. The molecule has 1 aliphatic rings. The minimum absolute atomic E-state index is 1.03. The summed E-state index contributed by atoms with van der Waals surface area (Å²) in [5.74, 6) is 0. The Hall–Kier alpha value is 0.320. The predicted octanol–water partition coefficient (Wildman–Crippen LogP) is 2.16. The fraction of sp³-hybridized carbons (Fsp3) is 0.571. The molecule has 2 nitrogen and oxygen atoms in total. The smallest absolute Gasteiger partial charge is 0.0900 e. The molecule has 2 rings (SSSR count). The van der Waals surface area contributed by atoms with Gasteiger partial charge in [-0.05, 0) is 13.3 Å². The second-order valence-electron chi connectivity index (χ2n) is 2.70. The molecule has 1 aromatic rings. The van der Waals surface area contributed by atoms with E-state index in [4.69, 9.17) is 0 Å². The minimum atomic E-state index is 1.03. The molecule has 0 aromatic carbocycles. The number of hydrogen-bond donors (Lipinski definition) is 0. The number of aryl methyl sites for hydroxylation is 1. The molecule has 0 saturated carbocycles. The summed E-state index contributed by atoms with van der Waals surface area (Å²) in [4.78, 5) is 5.97. The van der Waals surface area contributed by atoms with E-state index in [9.17, 15) is 0 Å². The van der Waals surface area contributed by atoms with Gasteiger partial charge in [-0.25, -0.2) is 8.10 Å². The highest BCUT2D eigenvalue weighted by molar-refractivity contribution is 14.1. The molecule has 0 atom stereocenters. The van der Waals surface area contributed by atoms with Crippen LogP contribution < -0.4 is 0 Å². The van der Waals surface area contributed by atoms with Crippen molar-refractivity contribution in [2.75, 3.05) is 6.54 Å². The molecule has 1 aliphatic heterocycles. The van der Waals surface area contributed by atoms with E-state index in [1.165, 1.54) is 28.5 Å². The zero-order valence-corrected chi connectivity index (χ0v) is 9.28. The van der Waals surface area contributed by atoms with Gasteiger partial charge in [0.25, 0.3) is 0 Å². The van der Waals surface area contributed by atoms with Crippen LogP contribution in [0.25, 0.3) is 0 Å². The van der Waals surface area contributed by atoms with Gasteiger partial charge in [0.15, 0.2) is 0 Å². The molecule has 4 heteroatoms. The van der Waals surface area contributed by atoms with Gasteiger partial charge in [-0.3, -0.25) is 0 Å². The molecule has 0 saturated heterocycles. The second-order valence-corrected chi connectivity index (χ2v) is 5.35. The third kappa shape index (κ3) is 1.57. The molecular weight excluding hydrogens is 271 g/mol. The standard InChI is InChI=1S/C7H9IN2S/c1-5-9-6-4-10(8)3-2-7(6)11-5/h2-4H2,1H3. The fourth-order valence-corrected chi connectivity index (χ4v) is 2.79. The highest BCUT2D eigenvalue weighted by Gasteiger charge is 2.17. The van der Waals surface area contributed by atoms with Gasteiger partial charge in [0.1, 0.15) is 0 Å². The van der Waals surface area contributed by atoms with Crippen LogP contribution in [0, 0.1) is 6.92 Å². The van der Waals surface area contributed by atoms with E-state index in [1.54, 1.807) is 0 Å². The third-order valence-electron chi connectivity index (χ3n) is 1.79. The Labute approximate surface area is 84.1 Å². The average molecular weight is 280 g/mol. The van der Waals surface area contributed by atoms with E-state index < -0.39 is 0 Å². The van der Waals surface area contributed by atoms with Crippen LogP contribution >= 0.6 is 34.2 Å². The Morgan fingerprint density at radius 1 is 1.64 bits per heavy atom. The lowest BCUT2D eigenvalue weighted by Crippen LogP contribution is -2.20. The summed E-state index contributed by atoms with van der Waals surface area (Å²) in [5, 5.41) is 1.21. The quantitative estimate of drug-likeness (QED) is 0.535. The molecule has 0 spiro atoms. The van der Waals surface area contributed by atoms with Crippen molar-refractivity contribution in [1.29, 1.82) is 0 Å². The van der Waals surface area contributed by atoms with E-state index >= 15 is 0 Å². The fourth-order valence-electron chi connectivity index (χ4n) is 1.30. The molecule has 0 aliphatic carbocycles. The molecule has 11 heavy (non-hydrogen) atoms. The molecule has 2 heterocycles. The number of hydrogen-bond acceptors (Lipinski definition) is 3. The lowest BCUT2D eigenvalue weighted by Gasteiger charge is -2.18. The number of nitrogens with zero attached hydrogens (tertiary/aromatic N) is 2. The van der Waals surface area contributed by atoms with Crippen molar-refractivity contribution in [2.45, 2.75) is 19.9 Å². The van der Waals surface area contributed by atoms with Gasteiger partial charge in [-0.15, -0.1) is 11.3 Å². The van der Waals surface area contributed by atoms with Crippen molar-refractivity contribution in [3.63, 3.8) is 0 Å². The van der Waals surface area contributed by atoms with Gasteiger partial charge in [0.05, 0.1) is 17.2 Å². The molecule has 0 radical (unpaired) electrons. The van der Waals surface area contributed by atoms with Crippen LogP contribution in [0.1, 0.15) is 15.6 Å². The van der Waals surface area contributed by atoms with Crippen molar-refractivity contribution in [3.05, 3.63) is 15.6 Å². The van der Waals surface area contributed by atoms with Crippen molar-refractivity contribution in [3.8, 4) is 0 Å². The highest BCUT2D eigenvalue weighted by atomic mass is 127. The Balaban J connectivity index is 2.34. The van der Waals surface area contributed by atoms with Crippen LogP contribution in [-0.4, -0.2) is 14.6 Å². The maximum atomic E-state index is 4.47. The minimum Gasteiger partial charge on any atom is -0.245 e. The number of thiazole rings is 1. The van der Waals surface area contributed by atoms with Crippen LogP contribution in [0.5, 0.6) is 0 Å². The zero-order valence-electron chi connectivity index (χ0n) is 6.30. The Morgan fingerprint density at radius 3 is 3.27 bits per heavy atom. The molecular formula is C7H9IN2S. The molecule has 0 N–H and O–H groups in total. The molecule has 1 aromatic heterocycles. The normalized spacial score (nSPS) is 18.4. The maximum absolute atomic E-state index is 4.47. The van der Waals surface area contributed by atoms with Gasteiger partial charge in [0.2, 0.25) is 0 Å². The van der Waals surface area contributed by atoms with Crippen LogP contribution in [-0.2, 0) is 13.0 Å². The molecule has 0 bridgehead atoms. The lowest BCUT2D eigenvalue weighted by atomic mass is 10.2. The number of aromatic nitrogens is 1. The Bertz CT molecular complexity index is 271. The van der Waals surface area contributed by atoms with Crippen LogP contribution in [0.3, 0.4) is 0 Å². The van der Waals surface area contributed by atoms with Crippen LogP contribution in [0.4, 0.5) is 0 Å². The predicted molar refractivity (Wildman–Crippen MR) is 55.0 cm³/mol. The summed E-state index contributed by atoms with van der Waals surface area (Å²) in [6.45, 7) is 4.29. The van der Waals surface area contributed by atoms with Gasteiger partial charge in [0, 0.05) is 34.3 Å². The van der Waals surface area contributed by atoms with Gasteiger partial charge < -0.3 is 0 Å². The maximum Gasteiger partial charge on any atom is 0.0900 e. The van der Waals surface area contributed by atoms with Crippen LogP contribution in [0.15, 0.2) is 0 Å². The zero-order chi connectivity index (χ0) is 7.84.